The summed E-state index contributed by atoms with van der Waals surface area (Å²) in [6.07, 6.45) is -0.0258. The van der Waals surface area contributed by atoms with Crippen LogP contribution in [-0.2, 0) is 22.7 Å². The largest absolute Gasteiger partial charge is 0.355 e. The molecule has 1 aliphatic rings. The third kappa shape index (κ3) is 5.01. The summed E-state index contributed by atoms with van der Waals surface area (Å²) in [6, 6.07) is 27.3. The van der Waals surface area contributed by atoms with E-state index in [2.05, 4.69) is 29.6 Å². The molecular weight excluding hydrogens is 386 g/mol. The highest BCUT2D eigenvalue weighted by atomic mass is 16.2. The molecule has 0 fully saturated rings. The SMILES string of the molecule is N[C@@H](CC(=O)NCC(c1ccccc1)c1ccccc1)C(=O)N1Cc2ccccc2C1. The van der Waals surface area contributed by atoms with Crippen molar-refractivity contribution in [2.45, 2.75) is 31.5 Å². The lowest BCUT2D eigenvalue weighted by molar-refractivity contribution is -0.135. The molecule has 0 aliphatic carbocycles. The number of hydrogen-bond acceptors (Lipinski definition) is 3. The van der Waals surface area contributed by atoms with Gasteiger partial charge in [0.25, 0.3) is 0 Å². The lowest BCUT2D eigenvalue weighted by Gasteiger charge is -2.21. The van der Waals surface area contributed by atoms with Gasteiger partial charge in [0.05, 0.1) is 12.5 Å². The number of carbonyl (C=O) groups excluding carboxylic acids is 2. The Balaban J connectivity index is 1.35. The van der Waals surface area contributed by atoms with Gasteiger partial charge in [-0.25, -0.2) is 0 Å². The molecule has 3 aromatic carbocycles. The number of hydrogen-bond donors (Lipinski definition) is 2. The number of rotatable bonds is 7. The second kappa shape index (κ2) is 9.58. The first kappa shape index (κ1) is 20.8. The smallest absolute Gasteiger partial charge is 0.240 e. The van der Waals surface area contributed by atoms with E-state index in [4.69, 9.17) is 5.73 Å². The van der Waals surface area contributed by atoms with Crippen LogP contribution in [0.15, 0.2) is 84.9 Å². The van der Waals surface area contributed by atoms with Crippen molar-refractivity contribution >= 4 is 11.8 Å². The minimum atomic E-state index is -0.846. The van der Waals surface area contributed by atoms with Crippen molar-refractivity contribution < 1.29 is 9.59 Å². The zero-order valence-corrected chi connectivity index (χ0v) is 17.4. The number of nitrogens with one attached hydrogen (secondary N) is 1. The Morgan fingerprint density at radius 3 is 1.81 bits per heavy atom. The van der Waals surface area contributed by atoms with Crippen molar-refractivity contribution in [2.75, 3.05) is 6.54 Å². The molecule has 1 heterocycles. The normalized spacial score (nSPS) is 13.7. The van der Waals surface area contributed by atoms with Gasteiger partial charge in [0.2, 0.25) is 11.8 Å². The van der Waals surface area contributed by atoms with Crippen LogP contribution >= 0.6 is 0 Å². The van der Waals surface area contributed by atoms with Gasteiger partial charge < -0.3 is 16.0 Å². The van der Waals surface area contributed by atoms with Gasteiger partial charge in [0.15, 0.2) is 0 Å². The number of nitrogens with two attached hydrogens (primary N) is 1. The van der Waals surface area contributed by atoms with Crippen molar-refractivity contribution in [3.8, 4) is 0 Å². The third-order valence-electron chi connectivity index (χ3n) is 5.78. The quantitative estimate of drug-likeness (QED) is 0.625. The van der Waals surface area contributed by atoms with E-state index in [1.165, 1.54) is 0 Å². The van der Waals surface area contributed by atoms with Gasteiger partial charge in [-0.2, -0.15) is 0 Å². The Labute approximate surface area is 182 Å². The highest BCUT2D eigenvalue weighted by Gasteiger charge is 2.28. The fourth-order valence-electron chi connectivity index (χ4n) is 4.10. The number of fused-ring (bicyclic) bond motifs is 1. The van der Waals surface area contributed by atoms with Gasteiger partial charge in [-0.3, -0.25) is 9.59 Å². The summed E-state index contributed by atoms with van der Waals surface area (Å²) in [5.74, 6) is -0.366. The van der Waals surface area contributed by atoms with Crippen molar-refractivity contribution in [1.82, 2.24) is 10.2 Å². The third-order valence-corrected chi connectivity index (χ3v) is 5.78. The summed E-state index contributed by atoms with van der Waals surface area (Å²) in [5.41, 5.74) is 10.6. The Kier molecular flexibility index (Phi) is 6.43. The molecule has 4 rings (SSSR count). The van der Waals surface area contributed by atoms with Crippen LogP contribution in [0.25, 0.3) is 0 Å². The van der Waals surface area contributed by atoms with E-state index in [0.717, 1.165) is 22.3 Å². The van der Waals surface area contributed by atoms with E-state index in [1.54, 1.807) is 4.90 Å². The van der Waals surface area contributed by atoms with Gasteiger partial charge in [0.1, 0.15) is 0 Å². The molecule has 0 bridgehead atoms. The second-order valence-corrected chi connectivity index (χ2v) is 7.95. The van der Waals surface area contributed by atoms with Gasteiger partial charge in [-0.15, -0.1) is 0 Å². The maximum Gasteiger partial charge on any atom is 0.240 e. The maximum absolute atomic E-state index is 12.8. The van der Waals surface area contributed by atoms with Gasteiger partial charge in [-0.05, 0) is 22.3 Å². The van der Waals surface area contributed by atoms with Crippen LogP contribution in [-0.4, -0.2) is 29.3 Å². The Morgan fingerprint density at radius 1 is 0.806 bits per heavy atom. The molecule has 0 saturated heterocycles. The van der Waals surface area contributed by atoms with Crippen LogP contribution in [0, 0.1) is 0 Å². The summed E-state index contributed by atoms with van der Waals surface area (Å²) in [4.78, 5) is 27.1. The first-order valence-electron chi connectivity index (χ1n) is 10.6. The molecule has 1 atom stereocenters. The molecule has 0 saturated carbocycles. The molecule has 3 aromatic rings. The lowest BCUT2D eigenvalue weighted by Crippen LogP contribution is -2.44. The molecule has 5 nitrogen and oxygen atoms in total. The number of nitrogens with zero attached hydrogens (tertiary/aromatic N) is 1. The molecule has 1 aliphatic heterocycles. The highest BCUT2D eigenvalue weighted by molar-refractivity contribution is 5.88. The van der Waals surface area contributed by atoms with Crippen LogP contribution in [0.3, 0.4) is 0 Å². The van der Waals surface area contributed by atoms with E-state index in [-0.39, 0.29) is 24.2 Å². The molecule has 0 spiro atoms. The standard InChI is InChI=1S/C26H27N3O2/c27-24(26(31)29-17-21-13-7-8-14-22(21)18-29)15-25(30)28-16-23(19-9-3-1-4-10-19)20-11-5-2-6-12-20/h1-14,23-24H,15-18,27H2,(H,28,30)/t24-/m0/s1. The van der Waals surface area contributed by atoms with E-state index in [1.807, 2.05) is 60.7 Å². The van der Waals surface area contributed by atoms with E-state index in [0.29, 0.717) is 19.6 Å². The maximum atomic E-state index is 12.8. The van der Waals surface area contributed by atoms with Gasteiger partial charge >= 0.3 is 0 Å². The predicted molar refractivity (Wildman–Crippen MR) is 121 cm³/mol. The zero-order valence-electron chi connectivity index (χ0n) is 17.4. The molecule has 0 radical (unpaired) electrons. The van der Waals surface area contributed by atoms with Crippen molar-refractivity contribution in [3.63, 3.8) is 0 Å². The molecule has 0 unspecified atom stereocenters. The van der Waals surface area contributed by atoms with Crippen LogP contribution in [0.1, 0.15) is 34.6 Å². The predicted octanol–water partition coefficient (Wildman–Crippen LogP) is 3.19. The summed E-state index contributed by atoms with van der Waals surface area (Å²) in [6.45, 7) is 1.55. The van der Waals surface area contributed by atoms with Crippen LogP contribution in [0.4, 0.5) is 0 Å². The second-order valence-electron chi connectivity index (χ2n) is 7.95. The first-order valence-corrected chi connectivity index (χ1v) is 10.6. The molecule has 0 aromatic heterocycles. The number of benzene rings is 3. The number of amides is 2. The van der Waals surface area contributed by atoms with Crippen molar-refractivity contribution in [3.05, 3.63) is 107 Å². The molecular formula is C26H27N3O2. The summed E-state index contributed by atoms with van der Waals surface area (Å²) >= 11 is 0. The summed E-state index contributed by atoms with van der Waals surface area (Å²) in [7, 11) is 0. The monoisotopic (exact) mass is 413 g/mol. The molecule has 2 amide bonds. The van der Waals surface area contributed by atoms with Crippen molar-refractivity contribution in [1.29, 1.82) is 0 Å². The van der Waals surface area contributed by atoms with Gasteiger partial charge in [0, 0.05) is 25.6 Å². The molecule has 3 N–H and O–H groups in total. The number of carbonyl (C=O) groups is 2. The highest BCUT2D eigenvalue weighted by Crippen LogP contribution is 2.24. The Bertz CT molecular complexity index is 972. The fraction of sp³-hybridized carbons (Fsp3) is 0.231. The first-order chi connectivity index (χ1) is 15.1. The van der Waals surface area contributed by atoms with Crippen LogP contribution < -0.4 is 11.1 Å². The summed E-state index contributed by atoms with van der Waals surface area (Å²) < 4.78 is 0. The minimum Gasteiger partial charge on any atom is -0.355 e. The average molecular weight is 414 g/mol. The molecule has 31 heavy (non-hydrogen) atoms. The fourth-order valence-corrected chi connectivity index (χ4v) is 4.10. The topological polar surface area (TPSA) is 75.4 Å². The molecule has 5 heteroatoms. The Hall–Kier alpha value is -3.44. The van der Waals surface area contributed by atoms with Crippen LogP contribution in [0.2, 0.25) is 0 Å². The Morgan fingerprint density at radius 2 is 1.29 bits per heavy atom. The van der Waals surface area contributed by atoms with Gasteiger partial charge in [-0.1, -0.05) is 84.9 Å². The van der Waals surface area contributed by atoms with Crippen LogP contribution in [0.5, 0.6) is 0 Å². The van der Waals surface area contributed by atoms with Crippen molar-refractivity contribution in [2.24, 2.45) is 5.73 Å². The van der Waals surface area contributed by atoms with E-state index < -0.39 is 6.04 Å². The molecule has 158 valence electrons. The average Bonchev–Trinajstić information content (AvgIpc) is 3.24. The summed E-state index contributed by atoms with van der Waals surface area (Å²) in [5, 5.41) is 2.98. The van der Waals surface area contributed by atoms with E-state index >= 15 is 0 Å². The minimum absolute atomic E-state index is 0.0258. The zero-order chi connectivity index (χ0) is 21.6. The lowest BCUT2D eigenvalue weighted by atomic mass is 9.91. The van der Waals surface area contributed by atoms with E-state index in [9.17, 15) is 9.59 Å².